The quantitative estimate of drug-likeness (QED) is 0.936. The van der Waals surface area contributed by atoms with Crippen LogP contribution < -0.4 is 19.5 Å². The topological polar surface area (TPSA) is 39.7 Å². The standard InChI is InChI=1S/C19H21NO3/c1-21-17-9-13(10-18-19(17)23-12-22-18)11-20-16-8-4-6-14-5-2-3-7-15(14)16/h2-3,5,7,9-10,16,20H,4,6,8,11-12H2,1H3/t16-/m1/s1. The lowest BCUT2D eigenvalue weighted by molar-refractivity contribution is 0.171. The van der Waals surface area contributed by atoms with Gasteiger partial charge in [0.1, 0.15) is 0 Å². The van der Waals surface area contributed by atoms with Crippen LogP contribution in [0.15, 0.2) is 36.4 Å². The molecule has 120 valence electrons. The van der Waals surface area contributed by atoms with Crippen LogP contribution in [-0.4, -0.2) is 13.9 Å². The number of hydrogen-bond donors (Lipinski definition) is 1. The summed E-state index contributed by atoms with van der Waals surface area (Å²) in [6.45, 7) is 1.05. The molecule has 23 heavy (non-hydrogen) atoms. The van der Waals surface area contributed by atoms with Gasteiger partial charge in [-0.1, -0.05) is 24.3 Å². The van der Waals surface area contributed by atoms with Crippen LogP contribution in [0.1, 0.15) is 35.6 Å². The summed E-state index contributed by atoms with van der Waals surface area (Å²) in [5.41, 5.74) is 4.06. The average Bonchev–Trinajstić information content (AvgIpc) is 3.07. The largest absolute Gasteiger partial charge is 0.493 e. The second-order valence-electron chi connectivity index (χ2n) is 6.06. The van der Waals surface area contributed by atoms with Crippen LogP contribution in [0.4, 0.5) is 0 Å². The molecule has 0 saturated carbocycles. The second-order valence-corrected chi connectivity index (χ2v) is 6.06. The first kappa shape index (κ1) is 14.4. The van der Waals surface area contributed by atoms with E-state index in [0.29, 0.717) is 11.8 Å². The lowest BCUT2D eigenvalue weighted by atomic mass is 9.87. The minimum Gasteiger partial charge on any atom is -0.493 e. The van der Waals surface area contributed by atoms with Crippen LogP contribution in [0.5, 0.6) is 17.2 Å². The van der Waals surface area contributed by atoms with Gasteiger partial charge in [-0.25, -0.2) is 0 Å². The van der Waals surface area contributed by atoms with Gasteiger partial charge in [-0.05, 0) is 48.1 Å². The summed E-state index contributed by atoms with van der Waals surface area (Å²) in [6.07, 6.45) is 3.60. The molecule has 1 heterocycles. The molecular weight excluding hydrogens is 290 g/mol. The summed E-state index contributed by atoms with van der Waals surface area (Å²) in [7, 11) is 1.66. The van der Waals surface area contributed by atoms with Gasteiger partial charge in [-0.15, -0.1) is 0 Å². The number of ether oxygens (including phenoxy) is 3. The molecule has 0 aromatic heterocycles. The molecule has 4 rings (SSSR count). The number of fused-ring (bicyclic) bond motifs is 2. The van der Waals surface area contributed by atoms with Crippen LogP contribution in [0, 0.1) is 0 Å². The molecule has 0 spiro atoms. The molecule has 1 aliphatic carbocycles. The summed E-state index contributed by atoms with van der Waals surface area (Å²) >= 11 is 0. The lowest BCUT2D eigenvalue weighted by Crippen LogP contribution is -2.24. The zero-order chi connectivity index (χ0) is 15.6. The Bertz CT molecular complexity index is 714. The molecule has 0 radical (unpaired) electrons. The fourth-order valence-corrected chi connectivity index (χ4v) is 3.49. The Morgan fingerprint density at radius 3 is 3.04 bits per heavy atom. The summed E-state index contributed by atoms with van der Waals surface area (Å²) in [6, 6.07) is 13.2. The lowest BCUT2D eigenvalue weighted by Gasteiger charge is -2.26. The SMILES string of the molecule is COc1cc(CN[C@@H]2CCCc3ccccc32)cc2c1OCO2. The Balaban J connectivity index is 1.52. The van der Waals surface area contributed by atoms with Crippen molar-refractivity contribution in [2.75, 3.05) is 13.9 Å². The van der Waals surface area contributed by atoms with E-state index in [4.69, 9.17) is 14.2 Å². The molecule has 4 heteroatoms. The molecule has 0 amide bonds. The van der Waals surface area contributed by atoms with Crippen molar-refractivity contribution in [1.82, 2.24) is 5.32 Å². The number of methoxy groups -OCH3 is 1. The molecule has 1 aliphatic heterocycles. The van der Waals surface area contributed by atoms with Crippen molar-refractivity contribution in [2.24, 2.45) is 0 Å². The second kappa shape index (κ2) is 6.13. The zero-order valence-corrected chi connectivity index (χ0v) is 13.3. The van der Waals surface area contributed by atoms with E-state index in [2.05, 4.69) is 29.6 Å². The molecule has 1 atom stereocenters. The van der Waals surface area contributed by atoms with Crippen molar-refractivity contribution >= 4 is 0 Å². The molecule has 0 unspecified atom stereocenters. The summed E-state index contributed by atoms with van der Waals surface area (Å²) in [5.74, 6) is 2.21. The van der Waals surface area contributed by atoms with Gasteiger partial charge in [-0.2, -0.15) is 0 Å². The predicted molar refractivity (Wildman–Crippen MR) is 88.1 cm³/mol. The summed E-state index contributed by atoms with van der Waals surface area (Å²) in [5, 5.41) is 3.68. The number of benzene rings is 2. The van der Waals surface area contributed by atoms with Crippen LogP contribution >= 0.6 is 0 Å². The van der Waals surface area contributed by atoms with Crippen molar-refractivity contribution in [3.63, 3.8) is 0 Å². The Kier molecular flexibility index (Phi) is 3.83. The molecule has 1 N–H and O–H groups in total. The third kappa shape index (κ3) is 2.75. The highest BCUT2D eigenvalue weighted by molar-refractivity contribution is 5.55. The van der Waals surface area contributed by atoms with E-state index < -0.39 is 0 Å². The maximum atomic E-state index is 5.50. The van der Waals surface area contributed by atoms with E-state index in [9.17, 15) is 0 Å². The normalized spacial score (nSPS) is 18.6. The van der Waals surface area contributed by atoms with E-state index in [0.717, 1.165) is 23.6 Å². The minimum atomic E-state index is 0.262. The molecule has 0 fully saturated rings. The third-order valence-corrected chi connectivity index (χ3v) is 4.64. The van der Waals surface area contributed by atoms with Crippen molar-refractivity contribution in [3.8, 4) is 17.2 Å². The van der Waals surface area contributed by atoms with Crippen molar-refractivity contribution in [3.05, 3.63) is 53.1 Å². The molecular formula is C19H21NO3. The maximum absolute atomic E-state index is 5.50. The Morgan fingerprint density at radius 2 is 2.13 bits per heavy atom. The van der Waals surface area contributed by atoms with Gasteiger partial charge in [0.2, 0.25) is 12.5 Å². The molecule has 2 aromatic rings. The summed E-state index contributed by atoms with van der Waals surface area (Å²) < 4.78 is 16.4. The number of hydrogen-bond acceptors (Lipinski definition) is 4. The monoisotopic (exact) mass is 311 g/mol. The van der Waals surface area contributed by atoms with Gasteiger partial charge < -0.3 is 19.5 Å². The highest BCUT2D eigenvalue weighted by Gasteiger charge is 2.22. The molecule has 0 saturated heterocycles. The maximum Gasteiger partial charge on any atom is 0.231 e. The fourth-order valence-electron chi connectivity index (χ4n) is 3.49. The first-order valence-electron chi connectivity index (χ1n) is 8.13. The van der Waals surface area contributed by atoms with E-state index in [1.54, 1.807) is 7.11 Å². The van der Waals surface area contributed by atoms with Gasteiger partial charge in [0.25, 0.3) is 0 Å². The Morgan fingerprint density at radius 1 is 1.22 bits per heavy atom. The van der Waals surface area contributed by atoms with E-state index in [-0.39, 0.29) is 6.79 Å². The number of rotatable bonds is 4. The first-order chi connectivity index (χ1) is 11.3. The van der Waals surface area contributed by atoms with E-state index in [1.165, 1.54) is 30.4 Å². The van der Waals surface area contributed by atoms with Crippen LogP contribution in [0.25, 0.3) is 0 Å². The molecule has 2 aromatic carbocycles. The summed E-state index contributed by atoms with van der Waals surface area (Å²) in [4.78, 5) is 0. The van der Waals surface area contributed by atoms with Gasteiger partial charge in [0.15, 0.2) is 11.5 Å². The highest BCUT2D eigenvalue weighted by Crippen LogP contribution is 2.42. The van der Waals surface area contributed by atoms with Crippen molar-refractivity contribution in [2.45, 2.75) is 31.8 Å². The number of aryl methyl sites for hydroxylation is 1. The van der Waals surface area contributed by atoms with Crippen LogP contribution in [-0.2, 0) is 13.0 Å². The highest BCUT2D eigenvalue weighted by atomic mass is 16.7. The smallest absolute Gasteiger partial charge is 0.231 e. The van der Waals surface area contributed by atoms with Gasteiger partial charge in [-0.3, -0.25) is 0 Å². The van der Waals surface area contributed by atoms with E-state index in [1.807, 2.05) is 12.1 Å². The third-order valence-electron chi connectivity index (χ3n) is 4.64. The molecule has 4 nitrogen and oxygen atoms in total. The van der Waals surface area contributed by atoms with Gasteiger partial charge in [0.05, 0.1) is 7.11 Å². The van der Waals surface area contributed by atoms with Crippen LogP contribution in [0.2, 0.25) is 0 Å². The molecule has 0 bridgehead atoms. The molecule has 2 aliphatic rings. The van der Waals surface area contributed by atoms with Gasteiger partial charge >= 0.3 is 0 Å². The number of nitrogens with one attached hydrogen (secondary N) is 1. The Hall–Kier alpha value is -2.20. The van der Waals surface area contributed by atoms with Crippen molar-refractivity contribution in [1.29, 1.82) is 0 Å². The van der Waals surface area contributed by atoms with Gasteiger partial charge in [0, 0.05) is 12.6 Å². The average molecular weight is 311 g/mol. The predicted octanol–water partition coefficient (Wildman–Crippen LogP) is 3.59. The Labute approximate surface area is 136 Å². The van der Waals surface area contributed by atoms with Crippen LogP contribution in [0.3, 0.4) is 0 Å². The minimum absolute atomic E-state index is 0.262. The zero-order valence-electron chi connectivity index (χ0n) is 13.3. The first-order valence-corrected chi connectivity index (χ1v) is 8.13. The van der Waals surface area contributed by atoms with E-state index >= 15 is 0 Å². The van der Waals surface area contributed by atoms with Crippen molar-refractivity contribution < 1.29 is 14.2 Å². The fraction of sp³-hybridized carbons (Fsp3) is 0.368.